The van der Waals surface area contributed by atoms with Crippen molar-refractivity contribution in [3.05, 3.63) is 11.1 Å². The number of aromatic nitrogens is 1. The number of likely N-dealkylation sites (tertiary alicyclic amines) is 1. The standard InChI is InChI=1S/C23H43N5S/c1-7-23(5,6)28-10-8-9-20(28)15-24-21-25-19(17-29-21)16-26-11-13-27(14-12-26)18-22(2,3)4/h17,20H,7-16,18H2,1-6H3,(H,24,25). The lowest BCUT2D eigenvalue weighted by Crippen LogP contribution is -2.48. The normalized spacial score (nSPS) is 23.0. The maximum Gasteiger partial charge on any atom is 0.182 e. The highest BCUT2D eigenvalue weighted by molar-refractivity contribution is 7.13. The fraction of sp³-hybridized carbons (Fsp3) is 0.870. The molecule has 0 amide bonds. The molecule has 0 aromatic carbocycles. The molecule has 166 valence electrons. The van der Waals surface area contributed by atoms with Gasteiger partial charge in [0.05, 0.1) is 5.69 Å². The molecule has 1 aromatic rings. The Balaban J connectivity index is 1.43. The topological polar surface area (TPSA) is 34.6 Å². The van der Waals surface area contributed by atoms with Gasteiger partial charge in [-0.3, -0.25) is 9.80 Å². The third-order valence-electron chi connectivity index (χ3n) is 6.61. The number of nitrogens with one attached hydrogen (secondary N) is 1. The van der Waals surface area contributed by atoms with E-state index in [0.717, 1.165) is 31.3 Å². The van der Waals surface area contributed by atoms with E-state index in [1.54, 1.807) is 11.3 Å². The first-order valence-electron chi connectivity index (χ1n) is 11.6. The Morgan fingerprint density at radius 3 is 2.41 bits per heavy atom. The summed E-state index contributed by atoms with van der Waals surface area (Å²) in [6.07, 6.45) is 3.82. The zero-order chi connectivity index (χ0) is 21.1. The predicted octanol–water partition coefficient (Wildman–Crippen LogP) is 4.37. The van der Waals surface area contributed by atoms with Gasteiger partial charge in [0.15, 0.2) is 5.13 Å². The molecule has 3 rings (SSSR count). The first-order valence-corrected chi connectivity index (χ1v) is 12.4. The van der Waals surface area contributed by atoms with Gasteiger partial charge in [-0.2, -0.15) is 0 Å². The maximum absolute atomic E-state index is 4.88. The smallest absolute Gasteiger partial charge is 0.182 e. The Labute approximate surface area is 182 Å². The Bertz CT molecular complexity index is 627. The van der Waals surface area contributed by atoms with Crippen molar-refractivity contribution in [2.75, 3.05) is 51.1 Å². The molecule has 29 heavy (non-hydrogen) atoms. The van der Waals surface area contributed by atoms with Crippen LogP contribution in [0.4, 0.5) is 5.13 Å². The summed E-state index contributed by atoms with van der Waals surface area (Å²) in [5.41, 5.74) is 1.91. The van der Waals surface area contributed by atoms with Crippen LogP contribution in [-0.4, -0.2) is 77.1 Å². The van der Waals surface area contributed by atoms with Crippen molar-refractivity contribution < 1.29 is 0 Å². The Morgan fingerprint density at radius 2 is 1.76 bits per heavy atom. The molecule has 1 atom stereocenters. The van der Waals surface area contributed by atoms with Gasteiger partial charge in [-0.25, -0.2) is 4.98 Å². The molecule has 2 fully saturated rings. The van der Waals surface area contributed by atoms with Gasteiger partial charge >= 0.3 is 0 Å². The first kappa shape index (κ1) is 23.0. The van der Waals surface area contributed by atoms with E-state index in [2.05, 4.69) is 66.9 Å². The first-order chi connectivity index (χ1) is 13.7. The second-order valence-corrected chi connectivity index (χ2v) is 11.7. The number of piperazine rings is 1. The van der Waals surface area contributed by atoms with Gasteiger partial charge in [-0.1, -0.05) is 27.7 Å². The number of thiazole rings is 1. The minimum atomic E-state index is 0.298. The lowest BCUT2D eigenvalue weighted by Gasteiger charge is -2.39. The molecule has 6 heteroatoms. The van der Waals surface area contributed by atoms with E-state index in [0.29, 0.717) is 17.0 Å². The molecule has 0 radical (unpaired) electrons. The summed E-state index contributed by atoms with van der Waals surface area (Å²) >= 11 is 1.77. The number of rotatable bonds is 8. The quantitative estimate of drug-likeness (QED) is 0.674. The van der Waals surface area contributed by atoms with Crippen molar-refractivity contribution in [3.63, 3.8) is 0 Å². The van der Waals surface area contributed by atoms with Crippen molar-refractivity contribution in [1.82, 2.24) is 19.7 Å². The number of anilines is 1. The van der Waals surface area contributed by atoms with E-state index in [1.807, 2.05) is 0 Å². The fourth-order valence-corrected chi connectivity index (χ4v) is 5.43. The van der Waals surface area contributed by atoms with Crippen LogP contribution in [0.15, 0.2) is 5.38 Å². The molecule has 5 nitrogen and oxygen atoms in total. The molecule has 0 spiro atoms. The molecule has 2 saturated heterocycles. The zero-order valence-corrected chi connectivity index (χ0v) is 20.4. The van der Waals surface area contributed by atoms with Crippen molar-refractivity contribution in [2.24, 2.45) is 5.41 Å². The highest BCUT2D eigenvalue weighted by Crippen LogP contribution is 2.29. The van der Waals surface area contributed by atoms with Crippen LogP contribution in [0.2, 0.25) is 0 Å². The minimum Gasteiger partial charge on any atom is -0.360 e. The summed E-state index contributed by atoms with van der Waals surface area (Å²) in [5.74, 6) is 0. The highest BCUT2D eigenvalue weighted by Gasteiger charge is 2.34. The second-order valence-electron chi connectivity index (χ2n) is 10.8. The van der Waals surface area contributed by atoms with Crippen LogP contribution in [-0.2, 0) is 6.54 Å². The summed E-state index contributed by atoms with van der Waals surface area (Å²) in [6.45, 7) is 23.2. The molecule has 1 N–H and O–H groups in total. The molecule has 0 bridgehead atoms. The van der Waals surface area contributed by atoms with Crippen LogP contribution in [0.5, 0.6) is 0 Å². The average molecular weight is 422 g/mol. The van der Waals surface area contributed by atoms with Gasteiger partial charge in [0.2, 0.25) is 0 Å². The zero-order valence-electron chi connectivity index (χ0n) is 19.6. The molecule has 1 aromatic heterocycles. The molecular weight excluding hydrogens is 378 g/mol. The van der Waals surface area contributed by atoms with E-state index in [9.17, 15) is 0 Å². The lowest BCUT2D eigenvalue weighted by atomic mass is 9.96. The second kappa shape index (κ2) is 9.63. The summed E-state index contributed by atoms with van der Waals surface area (Å²) in [5, 5.41) is 6.97. The third kappa shape index (κ3) is 6.65. The molecule has 2 aliphatic heterocycles. The molecule has 2 aliphatic rings. The largest absolute Gasteiger partial charge is 0.360 e. The van der Waals surface area contributed by atoms with Gasteiger partial charge in [0.1, 0.15) is 0 Å². The summed E-state index contributed by atoms with van der Waals surface area (Å²) in [4.78, 5) is 12.7. The van der Waals surface area contributed by atoms with E-state index in [1.165, 1.54) is 51.1 Å². The SMILES string of the molecule is CCC(C)(C)N1CCCC1CNc1nc(CN2CCN(CC(C)(C)C)CC2)cs1. The van der Waals surface area contributed by atoms with Crippen molar-refractivity contribution in [2.45, 2.75) is 78.9 Å². The van der Waals surface area contributed by atoms with E-state index >= 15 is 0 Å². The van der Waals surface area contributed by atoms with Gasteiger partial charge in [0, 0.05) is 62.8 Å². The minimum absolute atomic E-state index is 0.298. The summed E-state index contributed by atoms with van der Waals surface area (Å²) in [6, 6.07) is 0.633. The van der Waals surface area contributed by atoms with Crippen molar-refractivity contribution in [1.29, 1.82) is 0 Å². The number of hydrogen-bond donors (Lipinski definition) is 1. The van der Waals surface area contributed by atoms with Crippen LogP contribution >= 0.6 is 11.3 Å². The number of hydrogen-bond acceptors (Lipinski definition) is 6. The van der Waals surface area contributed by atoms with Gasteiger partial charge in [-0.15, -0.1) is 11.3 Å². The van der Waals surface area contributed by atoms with Crippen LogP contribution in [0, 0.1) is 5.41 Å². The molecular formula is C23H43N5S. The predicted molar refractivity (Wildman–Crippen MR) is 126 cm³/mol. The van der Waals surface area contributed by atoms with Crippen LogP contribution in [0.3, 0.4) is 0 Å². The van der Waals surface area contributed by atoms with Crippen LogP contribution in [0.1, 0.15) is 66.5 Å². The molecule has 0 saturated carbocycles. The number of nitrogens with zero attached hydrogens (tertiary/aromatic N) is 4. The summed E-state index contributed by atoms with van der Waals surface area (Å²) in [7, 11) is 0. The summed E-state index contributed by atoms with van der Waals surface area (Å²) < 4.78 is 0. The van der Waals surface area contributed by atoms with Crippen molar-refractivity contribution >= 4 is 16.5 Å². The van der Waals surface area contributed by atoms with E-state index < -0.39 is 0 Å². The van der Waals surface area contributed by atoms with Crippen LogP contribution in [0.25, 0.3) is 0 Å². The third-order valence-corrected chi connectivity index (χ3v) is 7.46. The molecule has 0 aliphatic carbocycles. The Hall–Kier alpha value is -0.690. The van der Waals surface area contributed by atoms with Gasteiger partial charge in [-0.05, 0) is 45.1 Å². The fourth-order valence-electron chi connectivity index (χ4n) is 4.72. The molecule has 3 heterocycles. The maximum atomic E-state index is 4.88. The van der Waals surface area contributed by atoms with Crippen molar-refractivity contribution in [3.8, 4) is 0 Å². The Kier molecular flexibility index (Phi) is 7.63. The van der Waals surface area contributed by atoms with E-state index in [-0.39, 0.29) is 0 Å². The van der Waals surface area contributed by atoms with Gasteiger partial charge in [0.25, 0.3) is 0 Å². The highest BCUT2D eigenvalue weighted by atomic mass is 32.1. The van der Waals surface area contributed by atoms with Crippen LogP contribution < -0.4 is 5.32 Å². The monoisotopic (exact) mass is 421 g/mol. The van der Waals surface area contributed by atoms with E-state index in [4.69, 9.17) is 4.98 Å². The lowest BCUT2D eigenvalue weighted by molar-refractivity contribution is 0.0977. The molecule has 1 unspecified atom stereocenters. The van der Waals surface area contributed by atoms with Gasteiger partial charge < -0.3 is 10.2 Å². The average Bonchev–Trinajstić information content (AvgIpc) is 3.30. The Morgan fingerprint density at radius 1 is 1.07 bits per heavy atom.